The minimum Gasteiger partial charge on any atom is -0.492 e. The van der Waals surface area contributed by atoms with E-state index in [9.17, 15) is 9.70 Å². The minimum absolute atomic E-state index is 0.175. The number of nitrogens with zero attached hydrogens (tertiary/aromatic N) is 4. The van der Waals surface area contributed by atoms with Gasteiger partial charge in [0.15, 0.2) is 5.60 Å². The molecule has 8 heteroatoms. The Morgan fingerprint density at radius 3 is 2.54 bits per heavy atom. The molecular weight excluding hydrogens is 492 g/mol. The summed E-state index contributed by atoms with van der Waals surface area (Å²) in [5.41, 5.74) is 4.63. The number of amides is 1. The first-order valence-corrected chi connectivity index (χ1v) is 15.3. The number of carbonyl (C=O) groups excluding carboxylic acids is 1. The molecule has 2 saturated heterocycles. The smallest absolute Gasteiger partial charge is 0.292 e. The summed E-state index contributed by atoms with van der Waals surface area (Å²) in [6.45, 7) is 9.67. The molecule has 0 unspecified atom stereocenters. The van der Waals surface area contributed by atoms with Crippen molar-refractivity contribution in [2.24, 2.45) is 21.7 Å². The first-order valence-electron chi connectivity index (χ1n) is 15.3. The zero-order valence-electron chi connectivity index (χ0n) is 23.8. The van der Waals surface area contributed by atoms with Crippen LogP contribution >= 0.6 is 0 Å². The molecule has 0 radical (unpaired) electrons. The highest BCUT2D eigenvalue weighted by molar-refractivity contribution is 5.87. The number of carbonyl (C=O) groups is 1. The number of nitroso groups, excluding NO2 is 1. The normalized spacial score (nSPS) is 28.5. The number of hydrogen-bond acceptors (Lipinski definition) is 7. The molecule has 39 heavy (non-hydrogen) atoms. The Labute approximate surface area is 232 Å². The van der Waals surface area contributed by atoms with E-state index < -0.39 is 11.3 Å². The molecule has 5 aliphatic rings. The van der Waals surface area contributed by atoms with E-state index in [4.69, 9.17) is 9.57 Å². The number of piperidine rings is 1. The highest BCUT2D eigenvalue weighted by atomic mass is 16.7. The topological polar surface area (TPSA) is 83.8 Å². The molecule has 1 spiro atoms. The van der Waals surface area contributed by atoms with Crippen molar-refractivity contribution < 1.29 is 14.4 Å². The highest BCUT2D eigenvalue weighted by Crippen LogP contribution is 2.49. The molecule has 4 fully saturated rings. The number of rotatable bonds is 9. The van der Waals surface area contributed by atoms with Crippen molar-refractivity contribution in [2.75, 3.05) is 37.7 Å². The summed E-state index contributed by atoms with van der Waals surface area (Å²) < 4.78 is 6.25. The van der Waals surface area contributed by atoms with Gasteiger partial charge in [0, 0.05) is 44.3 Å². The first-order chi connectivity index (χ1) is 18.9. The number of benzene rings is 1. The van der Waals surface area contributed by atoms with Crippen LogP contribution in [0.2, 0.25) is 0 Å². The summed E-state index contributed by atoms with van der Waals surface area (Å²) in [5.74, 6) is 1.77. The fraction of sp³-hybridized carbons (Fsp3) is 0.742. The summed E-state index contributed by atoms with van der Waals surface area (Å²) in [6.07, 6.45) is 11.6. The Kier molecular flexibility index (Phi) is 7.42. The summed E-state index contributed by atoms with van der Waals surface area (Å²) in [4.78, 5) is 33.7. The molecule has 0 atom stereocenters. The van der Waals surface area contributed by atoms with Crippen LogP contribution in [0.4, 0.5) is 5.69 Å². The van der Waals surface area contributed by atoms with E-state index in [-0.39, 0.29) is 5.60 Å². The molecule has 1 amide bonds. The van der Waals surface area contributed by atoms with Gasteiger partial charge in [0.05, 0.1) is 23.4 Å². The van der Waals surface area contributed by atoms with Gasteiger partial charge in [-0.1, -0.05) is 18.1 Å². The van der Waals surface area contributed by atoms with Crippen LogP contribution in [0.1, 0.15) is 102 Å². The summed E-state index contributed by atoms with van der Waals surface area (Å²) in [6, 6.07) is 4.76. The van der Waals surface area contributed by atoms with Gasteiger partial charge in [0.2, 0.25) is 0 Å². The van der Waals surface area contributed by atoms with Crippen molar-refractivity contribution in [3.8, 4) is 5.75 Å². The van der Waals surface area contributed by atoms with Gasteiger partial charge >= 0.3 is 0 Å². The maximum atomic E-state index is 11.9. The predicted octanol–water partition coefficient (Wildman–Crippen LogP) is 6.16. The average molecular weight is 537 g/mol. The fourth-order valence-electron chi connectivity index (χ4n) is 7.40. The Balaban J connectivity index is 1.05. The Morgan fingerprint density at radius 1 is 1.13 bits per heavy atom. The first kappa shape index (κ1) is 26.7. The van der Waals surface area contributed by atoms with Crippen molar-refractivity contribution in [2.45, 2.75) is 103 Å². The lowest BCUT2D eigenvalue weighted by Gasteiger charge is -2.45. The van der Waals surface area contributed by atoms with Crippen molar-refractivity contribution in [3.05, 3.63) is 28.2 Å². The van der Waals surface area contributed by atoms with Gasteiger partial charge in [-0.05, 0) is 100 Å². The number of likely N-dealkylation sites (tertiary alicyclic amines) is 1. The predicted molar refractivity (Wildman–Crippen MR) is 152 cm³/mol. The molecule has 6 rings (SSSR count). The molecule has 3 heterocycles. The Morgan fingerprint density at radius 2 is 1.87 bits per heavy atom. The zero-order valence-corrected chi connectivity index (χ0v) is 23.8. The maximum absolute atomic E-state index is 11.9. The van der Waals surface area contributed by atoms with E-state index in [0.717, 1.165) is 82.7 Å². The third kappa shape index (κ3) is 5.59. The Bertz CT molecular complexity index is 1110. The van der Waals surface area contributed by atoms with Crippen molar-refractivity contribution >= 4 is 17.3 Å². The standard InChI is InChI=1S/C31H44N4O4/c1-3-38-27-17-23(16-26(24-7-8-24)28(27)35-13-5-4-6-14-35)19-34-20-31(21-34)18-25(33-39-31)15-22-9-11-30(2,12-10-22)29(36)32-37/h16-17,22,24H,3-15,18-21H2,1-2H3. The molecule has 212 valence electrons. The largest absolute Gasteiger partial charge is 0.492 e. The van der Waals surface area contributed by atoms with Crippen LogP contribution in [0, 0.1) is 16.2 Å². The lowest BCUT2D eigenvalue weighted by atomic mass is 9.70. The number of ether oxygens (including phenoxy) is 1. The average Bonchev–Trinajstić information content (AvgIpc) is 3.70. The van der Waals surface area contributed by atoms with Crippen LogP contribution in [0.25, 0.3) is 0 Å². The van der Waals surface area contributed by atoms with Gasteiger partial charge in [-0.3, -0.25) is 9.69 Å². The third-order valence-electron chi connectivity index (χ3n) is 9.81. The van der Waals surface area contributed by atoms with Gasteiger partial charge in [0.25, 0.3) is 5.91 Å². The maximum Gasteiger partial charge on any atom is 0.292 e. The number of hydrogen-bond donors (Lipinski definition) is 0. The van der Waals surface area contributed by atoms with Gasteiger partial charge in [-0.25, -0.2) is 0 Å². The van der Waals surface area contributed by atoms with Gasteiger partial charge in [-0.2, -0.15) is 0 Å². The van der Waals surface area contributed by atoms with E-state index in [1.807, 2.05) is 6.92 Å². The highest BCUT2D eigenvalue weighted by Gasteiger charge is 2.50. The van der Waals surface area contributed by atoms with Crippen molar-refractivity contribution in [1.29, 1.82) is 0 Å². The molecule has 0 N–H and O–H groups in total. The summed E-state index contributed by atoms with van der Waals surface area (Å²) in [5, 5.41) is 7.21. The molecule has 0 bridgehead atoms. The van der Waals surface area contributed by atoms with Crippen LogP contribution < -0.4 is 9.64 Å². The van der Waals surface area contributed by atoms with Crippen LogP contribution in [0.15, 0.2) is 22.5 Å². The second-order valence-corrected chi connectivity index (χ2v) is 13.1. The zero-order chi connectivity index (χ0) is 27.0. The molecule has 2 aliphatic carbocycles. The molecule has 0 aromatic heterocycles. The van der Waals surface area contributed by atoms with Crippen LogP contribution in [-0.2, 0) is 16.2 Å². The lowest BCUT2D eigenvalue weighted by molar-refractivity contribution is -0.129. The van der Waals surface area contributed by atoms with Gasteiger partial charge < -0.3 is 14.5 Å². The van der Waals surface area contributed by atoms with E-state index in [1.54, 1.807) is 0 Å². The summed E-state index contributed by atoms with van der Waals surface area (Å²) >= 11 is 0. The quantitative estimate of drug-likeness (QED) is 0.351. The monoisotopic (exact) mass is 536 g/mol. The van der Waals surface area contributed by atoms with E-state index in [2.05, 4.69) is 39.2 Å². The SMILES string of the molecule is CCOc1cc(CN2CC3(CC(CC4CCC(C)(C(=O)N=O)CC4)=NO3)C2)cc(C2CC2)c1N1CCCCC1. The van der Waals surface area contributed by atoms with Crippen molar-refractivity contribution in [1.82, 2.24) is 4.90 Å². The number of anilines is 1. The fourth-order valence-corrected chi connectivity index (χ4v) is 7.40. The van der Waals surface area contributed by atoms with Gasteiger partial charge in [-0.15, -0.1) is 4.91 Å². The van der Waals surface area contributed by atoms with Crippen LogP contribution in [-0.4, -0.2) is 54.9 Å². The Hall–Kier alpha value is -2.48. The molecule has 2 saturated carbocycles. The second kappa shape index (κ2) is 10.8. The second-order valence-electron chi connectivity index (χ2n) is 13.1. The van der Waals surface area contributed by atoms with E-state index in [1.165, 1.54) is 48.9 Å². The van der Waals surface area contributed by atoms with E-state index in [0.29, 0.717) is 18.4 Å². The summed E-state index contributed by atoms with van der Waals surface area (Å²) in [7, 11) is 0. The molecule has 1 aromatic carbocycles. The number of oxime groups is 1. The molecule has 3 aliphatic heterocycles. The molecule has 8 nitrogen and oxygen atoms in total. The van der Waals surface area contributed by atoms with E-state index >= 15 is 0 Å². The molecular formula is C31H44N4O4. The lowest BCUT2D eigenvalue weighted by Crippen LogP contribution is -2.61. The van der Waals surface area contributed by atoms with Gasteiger partial charge in [0.1, 0.15) is 5.75 Å². The molecule has 1 aromatic rings. The van der Waals surface area contributed by atoms with Crippen LogP contribution in [0.5, 0.6) is 5.75 Å². The third-order valence-corrected chi connectivity index (χ3v) is 9.81. The van der Waals surface area contributed by atoms with Crippen molar-refractivity contribution in [3.63, 3.8) is 0 Å². The minimum atomic E-state index is -0.574. The van der Waals surface area contributed by atoms with Crippen LogP contribution in [0.3, 0.4) is 0 Å².